The van der Waals surface area contributed by atoms with Crippen LogP contribution >= 0.6 is 0 Å². The van der Waals surface area contributed by atoms with Gasteiger partial charge in [0.2, 0.25) is 12.3 Å². The Kier molecular flexibility index (Phi) is 4.66. The fraction of sp³-hybridized carbons (Fsp3) is 0.368. The van der Waals surface area contributed by atoms with Crippen LogP contribution in [0, 0.1) is 6.92 Å². The number of ether oxygens (including phenoxy) is 1. The van der Waals surface area contributed by atoms with Crippen molar-refractivity contribution in [3.05, 3.63) is 47.5 Å². The van der Waals surface area contributed by atoms with Crippen molar-refractivity contribution in [1.29, 1.82) is 0 Å². The Balaban J connectivity index is 1.57. The van der Waals surface area contributed by atoms with Crippen molar-refractivity contribution in [2.24, 2.45) is 0 Å². The summed E-state index contributed by atoms with van der Waals surface area (Å²) >= 11 is 0. The summed E-state index contributed by atoms with van der Waals surface area (Å²) in [5, 5.41) is 8.36. The molecule has 0 bridgehead atoms. The van der Waals surface area contributed by atoms with Crippen molar-refractivity contribution in [2.45, 2.75) is 38.3 Å². The largest absolute Gasteiger partial charge is 0.471 e. The molecule has 28 heavy (non-hydrogen) atoms. The molecule has 0 unspecified atom stereocenters. The van der Waals surface area contributed by atoms with Crippen LogP contribution in [0.5, 0.6) is 5.88 Å². The molecule has 1 aliphatic carbocycles. The Bertz CT molecular complexity index is 1020. The van der Waals surface area contributed by atoms with E-state index < -0.39 is 18.6 Å². The molecule has 1 fully saturated rings. The smallest absolute Gasteiger partial charge is 0.272 e. The van der Waals surface area contributed by atoms with Crippen LogP contribution < -0.4 is 10.1 Å². The quantitative estimate of drug-likeness (QED) is 0.601. The van der Waals surface area contributed by atoms with Crippen molar-refractivity contribution in [3.8, 4) is 5.88 Å². The molecule has 9 heteroatoms. The molecular formula is C19H19F2N5O2. The number of carbonyl (C=O) groups is 1. The Labute approximate surface area is 159 Å². The number of pyridine rings is 2. The number of aromatic nitrogens is 4. The lowest BCUT2D eigenvalue weighted by Crippen LogP contribution is -2.28. The standard InChI is InChI=1S/C19H19F2N5O2/c1-12-6-13(7-23-18(12)28-10-16(20)21)8-26-9-14-15(25-26)2-5-22-17(14)19(3-4-19)24-11-27/h2,5-7,9,11,16H,3-4,8,10H2,1H3,(H,24,27). The summed E-state index contributed by atoms with van der Waals surface area (Å²) in [5.74, 6) is 0.205. The van der Waals surface area contributed by atoms with E-state index in [4.69, 9.17) is 4.74 Å². The maximum atomic E-state index is 12.3. The van der Waals surface area contributed by atoms with E-state index in [9.17, 15) is 13.6 Å². The molecule has 4 rings (SSSR count). The third-order valence-corrected chi connectivity index (χ3v) is 4.80. The Morgan fingerprint density at radius 3 is 2.89 bits per heavy atom. The van der Waals surface area contributed by atoms with Gasteiger partial charge in [0.15, 0.2) is 6.61 Å². The highest BCUT2D eigenvalue weighted by Crippen LogP contribution is 2.46. The van der Waals surface area contributed by atoms with E-state index >= 15 is 0 Å². The number of rotatable bonds is 8. The number of halogens is 2. The van der Waals surface area contributed by atoms with Crippen LogP contribution in [0.1, 0.15) is 29.7 Å². The highest BCUT2D eigenvalue weighted by molar-refractivity contribution is 5.82. The van der Waals surface area contributed by atoms with Crippen LogP contribution in [-0.2, 0) is 16.9 Å². The van der Waals surface area contributed by atoms with Crippen LogP contribution in [0.25, 0.3) is 10.9 Å². The summed E-state index contributed by atoms with van der Waals surface area (Å²) < 4.78 is 31.4. The van der Waals surface area contributed by atoms with Gasteiger partial charge < -0.3 is 10.1 Å². The number of amides is 1. The zero-order valence-corrected chi connectivity index (χ0v) is 15.2. The third-order valence-electron chi connectivity index (χ3n) is 4.80. The van der Waals surface area contributed by atoms with Crippen LogP contribution in [0.15, 0.2) is 30.7 Å². The fourth-order valence-electron chi connectivity index (χ4n) is 3.33. The van der Waals surface area contributed by atoms with E-state index in [1.54, 1.807) is 24.0 Å². The first-order chi connectivity index (χ1) is 13.5. The molecular weight excluding hydrogens is 368 g/mol. The molecule has 7 nitrogen and oxygen atoms in total. The Morgan fingerprint density at radius 2 is 2.21 bits per heavy atom. The van der Waals surface area contributed by atoms with Crippen molar-refractivity contribution in [3.63, 3.8) is 0 Å². The van der Waals surface area contributed by atoms with Crippen LogP contribution in [-0.4, -0.2) is 39.2 Å². The number of aryl methyl sites for hydroxylation is 1. The monoisotopic (exact) mass is 387 g/mol. The lowest BCUT2D eigenvalue weighted by Gasteiger charge is -2.13. The predicted octanol–water partition coefficient (Wildman–Crippen LogP) is 2.56. The molecule has 3 aromatic rings. The molecule has 1 N–H and O–H groups in total. The molecule has 0 spiro atoms. The molecule has 0 aromatic carbocycles. The van der Waals surface area contributed by atoms with Crippen molar-refractivity contribution in [2.75, 3.05) is 6.61 Å². The topological polar surface area (TPSA) is 81.9 Å². The zero-order chi connectivity index (χ0) is 19.7. The number of hydrogen-bond acceptors (Lipinski definition) is 5. The molecule has 146 valence electrons. The van der Waals surface area contributed by atoms with Gasteiger partial charge in [-0.2, -0.15) is 5.10 Å². The fourth-order valence-corrected chi connectivity index (χ4v) is 3.33. The number of nitrogens with zero attached hydrogens (tertiary/aromatic N) is 4. The Morgan fingerprint density at radius 1 is 1.39 bits per heavy atom. The van der Waals surface area contributed by atoms with Gasteiger partial charge in [0.25, 0.3) is 6.43 Å². The molecule has 0 aliphatic heterocycles. The van der Waals surface area contributed by atoms with E-state index in [-0.39, 0.29) is 5.88 Å². The number of carbonyl (C=O) groups excluding carboxylic acids is 1. The SMILES string of the molecule is Cc1cc(Cn2cc3c(C4(NC=O)CC4)nccc3n2)cnc1OCC(F)F. The summed E-state index contributed by atoms with van der Waals surface area (Å²) in [5.41, 5.74) is 2.79. The van der Waals surface area contributed by atoms with E-state index in [1.165, 1.54) is 0 Å². The molecule has 0 radical (unpaired) electrons. The van der Waals surface area contributed by atoms with E-state index in [0.717, 1.165) is 35.0 Å². The lowest BCUT2D eigenvalue weighted by molar-refractivity contribution is -0.110. The lowest BCUT2D eigenvalue weighted by atomic mass is 10.1. The minimum absolute atomic E-state index is 0.205. The molecule has 0 saturated heterocycles. The molecule has 1 saturated carbocycles. The summed E-state index contributed by atoms with van der Waals surface area (Å²) in [6.45, 7) is 1.55. The average molecular weight is 387 g/mol. The molecule has 3 heterocycles. The first-order valence-electron chi connectivity index (χ1n) is 8.91. The molecule has 1 amide bonds. The molecule has 1 aliphatic rings. The third kappa shape index (κ3) is 3.51. The van der Waals surface area contributed by atoms with Crippen molar-refractivity contribution < 1.29 is 18.3 Å². The van der Waals surface area contributed by atoms with Gasteiger partial charge in [0, 0.05) is 29.5 Å². The molecule has 3 aromatic heterocycles. The number of hydrogen-bond donors (Lipinski definition) is 1. The second kappa shape index (κ2) is 7.14. The van der Waals surface area contributed by atoms with Gasteiger partial charge in [-0.25, -0.2) is 13.8 Å². The van der Waals surface area contributed by atoms with E-state index in [1.807, 2.05) is 18.3 Å². The predicted molar refractivity (Wildman–Crippen MR) is 97.2 cm³/mol. The summed E-state index contributed by atoms with van der Waals surface area (Å²) in [6.07, 6.45) is 5.07. The van der Waals surface area contributed by atoms with Crippen molar-refractivity contribution >= 4 is 17.3 Å². The zero-order valence-electron chi connectivity index (χ0n) is 15.2. The van der Waals surface area contributed by atoms with Crippen LogP contribution in [0.4, 0.5) is 8.78 Å². The first kappa shape index (κ1) is 18.3. The van der Waals surface area contributed by atoms with E-state index in [2.05, 4.69) is 20.4 Å². The van der Waals surface area contributed by atoms with Gasteiger partial charge in [-0.1, -0.05) is 0 Å². The van der Waals surface area contributed by atoms with Crippen LogP contribution in [0.2, 0.25) is 0 Å². The second-order valence-corrected chi connectivity index (χ2v) is 6.93. The average Bonchev–Trinajstić information content (AvgIpc) is 3.31. The van der Waals surface area contributed by atoms with E-state index in [0.29, 0.717) is 18.5 Å². The maximum absolute atomic E-state index is 12.3. The number of nitrogens with one attached hydrogen (secondary N) is 1. The van der Waals surface area contributed by atoms with Crippen LogP contribution in [0.3, 0.4) is 0 Å². The Hall–Kier alpha value is -3.10. The summed E-state index contributed by atoms with van der Waals surface area (Å²) in [4.78, 5) is 19.6. The highest BCUT2D eigenvalue weighted by atomic mass is 19.3. The van der Waals surface area contributed by atoms with Gasteiger partial charge in [-0.3, -0.25) is 14.5 Å². The minimum atomic E-state index is -2.54. The first-order valence-corrected chi connectivity index (χ1v) is 8.91. The second-order valence-electron chi connectivity index (χ2n) is 6.93. The minimum Gasteiger partial charge on any atom is -0.471 e. The summed E-state index contributed by atoms with van der Waals surface area (Å²) in [7, 11) is 0. The van der Waals surface area contributed by atoms with Crippen molar-refractivity contribution in [1.82, 2.24) is 25.1 Å². The maximum Gasteiger partial charge on any atom is 0.272 e. The number of alkyl halides is 2. The van der Waals surface area contributed by atoms with Gasteiger partial charge >= 0.3 is 0 Å². The highest BCUT2D eigenvalue weighted by Gasteiger charge is 2.46. The van der Waals surface area contributed by atoms with Gasteiger partial charge in [0.05, 0.1) is 23.3 Å². The van der Waals surface area contributed by atoms with Gasteiger partial charge in [-0.15, -0.1) is 0 Å². The number of fused-ring (bicyclic) bond motifs is 1. The molecule has 0 atom stereocenters. The summed E-state index contributed by atoms with van der Waals surface area (Å²) in [6, 6.07) is 3.67. The van der Waals surface area contributed by atoms with Gasteiger partial charge in [0.1, 0.15) is 0 Å². The normalized spacial score (nSPS) is 15.0. The van der Waals surface area contributed by atoms with Gasteiger partial charge in [-0.05, 0) is 37.5 Å².